The molecule has 0 radical (unpaired) electrons. The van der Waals surface area contributed by atoms with Crippen LogP contribution >= 0.6 is 0 Å². The highest BCUT2D eigenvalue weighted by molar-refractivity contribution is 5.02. The smallest absolute Gasteiger partial charge is 0.0586 e. The summed E-state index contributed by atoms with van der Waals surface area (Å²) in [6.07, 6.45) is 13.0. The molecule has 0 bridgehead atoms. The van der Waals surface area contributed by atoms with Gasteiger partial charge in [-0.15, -0.1) is 0 Å². The van der Waals surface area contributed by atoms with Crippen LogP contribution in [-0.2, 0) is 0 Å². The van der Waals surface area contributed by atoms with Crippen molar-refractivity contribution in [2.75, 3.05) is 19.7 Å². The van der Waals surface area contributed by atoms with E-state index in [1.807, 2.05) is 0 Å². The average Bonchev–Trinajstić information content (AvgIpc) is 3.07. The summed E-state index contributed by atoms with van der Waals surface area (Å²) in [5.74, 6) is 0.661. The van der Waals surface area contributed by atoms with Crippen molar-refractivity contribution in [2.45, 2.75) is 105 Å². The Labute approximate surface area is 169 Å². The Balaban J connectivity index is 2.44. The Morgan fingerprint density at radius 2 is 1.93 bits per heavy atom. The molecule has 0 aromatic rings. The van der Waals surface area contributed by atoms with Crippen LogP contribution < -0.4 is 5.32 Å². The van der Waals surface area contributed by atoms with E-state index in [0.717, 1.165) is 32.4 Å². The molecule has 4 atom stereocenters. The number of aliphatic hydroxyl groups excluding tert-OH is 1. The number of rotatable bonds is 13. The molecule has 1 aliphatic rings. The zero-order valence-corrected chi connectivity index (χ0v) is 18.9. The zero-order valence-electron chi connectivity index (χ0n) is 18.9. The summed E-state index contributed by atoms with van der Waals surface area (Å²) in [7, 11) is 0. The SMILES string of the molecule is CCC(C)C(CN1CCCC1CO)NC(C)CC/C=C(\C)CCC=C(C)C. The lowest BCUT2D eigenvalue weighted by Crippen LogP contribution is -2.49. The molecule has 0 aromatic carbocycles. The van der Waals surface area contributed by atoms with Gasteiger partial charge < -0.3 is 10.4 Å². The van der Waals surface area contributed by atoms with Crippen LogP contribution in [0.5, 0.6) is 0 Å². The van der Waals surface area contributed by atoms with Crippen LogP contribution in [0.15, 0.2) is 23.3 Å². The van der Waals surface area contributed by atoms with Crippen molar-refractivity contribution in [1.29, 1.82) is 0 Å². The molecule has 3 nitrogen and oxygen atoms in total. The fourth-order valence-electron chi connectivity index (χ4n) is 4.00. The minimum absolute atomic E-state index is 0.305. The second-order valence-electron chi connectivity index (χ2n) is 8.98. The first-order valence-electron chi connectivity index (χ1n) is 11.3. The predicted octanol–water partition coefficient (Wildman–Crippen LogP) is 5.31. The maximum atomic E-state index is 9.61. The van der Waals surface area contributed by atoms with E-state index in [1.165, 1.54) is 36.8 Å². The van der Waals surface area contributed by atoms with Crippen LogP contribution in [-0.4, -0.2) is 47.8 Å². The predicted molar refractivity (Wildman–Crippen MR) is 119 cm³/mol. The summed E-state index contributed by atoms with van der Waals surface area (Å²) < 4.78 is 0. The van der Waals surface area contributed by atoms with Crippen LogP contribution in [0, 0.1) is 5.92 Å². The van der Waals surface area contributed by atoms with Crippen molar-refractivity contribution in [3.8, 4) is 0 Å². The van der Waals surface area contributed by atoms with E-state index in [9.17, 15) is 5.11 Å². The quantitative estimate of drug-likeness (QED) is 0.426. The Bertz CT molecular complexity index is 453. The van der Waals surface area contributed by atoms with Gasteiger partial charge in [-0.2, -0.15) is 0 Å². The number of allylic oxidation sites excluding steroid dienone is 4. The van der Waals surface area contributed by atoms with E-state index in [4.69, 9.17) is 0 Å². The lowest BCUT2D eigenvalue weighted by Gasteiger charge is -2.33. The summed E-state index contributed by atoms with van der Waals surface area (Å²) in [6.45, 7) is 16.1. The first-order chi connectivity index (χ1) is 12.9. The summed E-state index contributed by atoms with van der Waals surface area (Å²) in [4.78, 5) is 2.50. The van der Waals surface area contributed by atoms with Gasteiger partial charge in [-0.25, -0.2) is 0 Å². The average molecular weight is 379 g/mol. The summed E-state index contributed by atoms with van der Waals surface area (Å²) in [5, 5.41) is 13.5. The summed E-state index contributed by atoms with van der Waals surface area (Å²) in [5.41, 5.74) is 2.93. The number of nitrogens with zero attached hydrogens (tertiary/aromatic N) is 1. The van der Waals surface area contributed by atoms with Gasteiger partial charge in [0.05, 0.1) is 6.61 Å². The topological polar surface area (TPSA) is 35.5 Å². The third-order valence-electron chi connectivity index (χ3n) is 6.15. The van der Waals surface area contributed by atoms with Gasteiger partial charge in [-0.05, 0) is 78.7 Å². The largest absolute Gasteiger partial charge is 0.395 e. The highest BCUT2D eigenvalue weighted by Gasteiger charge is 2.28. The molecule has 27 heavy (non-hydrogen) atoms. The highest BCUT2D eigenvalue weighted by atomic mass is 16.3. The molecule has 3 heteroatoms. The molecule has 0 saturated carbocycles. The van der Waals surface area contributed by atoms with Crippen LogP contribution in [0.4, 0.5) is 0 Å². The minimum Gasteiger partial charge on any atom is -0.395 e. The van der Waals surface area contributed by atoms with Crippen molar-refractivity contribution in [1.82, 2.24) is 10.2 Å². The molecule has 1 fully saturated rings. The van der Waals surface area contributed by atoms with Gasteiger partial charge in [-0.3, -0.25) is 4.90 Å². The van der Waals surface area contributed by atoms with Crippen molar-refractivity contribution in [3.63, 3.8) is 0 Å². The molecular formula is C24H46N2O. The second-order valence-corrected chi connectivity index (χ2v) is 8.98. The van der Waals surface area contributed by atoms with E-state index in [0.29, 0.717) is 30.7 Å². The molecular weight excluding hydrogens is 332 g/mol. The van der Waals surface area contributed by atoms with E-state index in [-0.39, 0.29) is 0 Å². The lowest BCUT2D eigenvalue weighted by atomic mass is 9.96. The monoisotopic (exact) mass is 378 g/mol. The van der Waals surface area contributed by atoms with E-state index >= 15 is 0 Å². The van der Waals surface area contributed by atoms with E-state index in [1.54, 1.807) is 0 Å². The van der Waals surface area contributed by atoms with Gasteiger partial charge in [0.1, 0.15) is 0 Å². The Morgan fingerprint density at radius 1 is 1.19 bits per heavy atom. The molecule has 0 aromatic heterocycles. The van der Waals surface area contributed by atoms with Gasteiger partial charge in [0.15, 0.2) is 0 Å². The molecule has 4 unspecified atom stereocenters. The molecule has 1 rings (SSSR count). The van der Waals surface area contributed by atoms with Gasteiger partial charge in [-0.1, -0.05) is 43.6 Å². The van der Waals surface area contributed by atoms with Crippen LogP contribution in [0.1, 0.15) is 86.5 Å². The molecule has 0 amide bonds. The zero-order chi connectivity index (χ0) is 20.2. The number of likely N-dealkylation sites (tertiary alicyclic amines) is 1. The lowest BCUT2D eigenvalue weighted by molar-refractivity contribution is 0.134. The number of hydrogen-bond donors (Lipinski definition) is 2. The van der Waals surface area contributed by atoms with Crippen LogP contribution in [0.25, 0.3) is 0 Å². The fraction of sp³-hybridized carbons (Fsp3) is 0.833. The van der Waals surface area contributed by atoms with Gasteiger partial charge in [0.2, 0.25) is 0 Å². The van der Waals surface area contributed by atoms with Gasteiger partial charge >= 0.3 is 0 Å². The third kappa shape index (κ3) is 9.91. The molecule has 1 aliphatic heterocycles. The Morgan fingerprint density at radius 3 is 2.56 bits per heavy atom. The number of hydrogen-bond acceptors (Lipinski definition) is 3. The van der Waals surface area contributed by atoms with Gasteiger partial charge in [0.25, 0.3) is 0 Å². The number of aliphatic hydroxyl groups is 1. The highest BCUT2D eigenvalue weighted by Crippen LogP contribution is 2.20. The second kappa shape index (κ2) is 13.5. The maximum Gasteiger partial charge on any atom is 0.0586 e. The van der Waals surface area contributed by atoms with Crippen molar-refractivity contribution in [2.24, 2.45) is 5.92 Å². The van der Waals surface area contributed by atoms with Gasteiger partial charge in [0, 0.05) is 24.7 Å². The minimum atomic E-state index is 0.305. The third-order valence-corrected chi connectivity index (χ3v) is 6.15. The molecule has 1 heterocycles. The van der Waals surface area contributed by atoms with E-state index in [2.05, 4.69) is 63.9 Å². The Hall–Kier alpha value is -0.640. The molecule has 0 spiro atoms. The fourth-order valence-corrected chi connectivity index (χ4v) is 4.00. The van der Waals surface area contributed by atoms with E-state index < -0.39 is 0 Å². The van der Waals surface area contributed by atoms with Crippen molar-refractivity contribution < 1.29 is 5.11 Å². The summed E-state index contributed by atoms with van der Waals surface area (Å²) in [6, 6.07) is 1.42. The standard InChI is InChI=1S/C24H46N2O/c1-7-21(5)24(17-26-16-10-15-23(26)18-27)25-22(6)14-9-13-20(4)12-8-11-19(2)3/h11,13,21-25,27H,7-10,12,14-18H2,1-6H3/b20-13+. The first-order valence-corrected chi connectivity index (χ1v) is 11.3. The van der Waals surface area contributed by atoms with Crippen molar-refractivity contribution in [3.05, 3.63) is 23.3 Å². The Kier molecular flexibility index (Phi) is 12.2. The molecule has 1 saturated heterocycles. The molecule has 158 valence electrons. The summed E-state index contributed by atoms with van der Waals surface area (Å²) >= 11 is 0. The van der Waals surface area contributed by atoms with Crippen LogP contribution in [0.2, 0.25) is 0 Å². The number of nitrogens with one attached hydrogen (secondary N) is 1. The maximum absolute atomic E-state index is 9.61. The van der Waals surface area contributed by atoms with Crippen LogP contribution in [0.3, 0.4) is 0 Å². The normalized spacial score (nSPS) is 21.9. The molecule has 2 N–H and O–H groups in total. The first kappa shape index (κ1) is 24.4. The molecule has 0 aliphatic carbocycles. The van der Waals surface area contributed by atoms with Crippen molar-refractivity contribution >= 4 is 0 Å².